The first kappa shape index (κ1) is 25.1. The zero-order valence-electron chi connectivity index (χ0n) is 21.8. The smallest absolute Gasteiger partial charge is 0.260 e. The molecule has 3 heterocycles. The van der Waals surface area contributed by atoms with Crippen LogP contribution in [0, 0.1) is 17.2 Å². The van der Waals surface area contributed by atoms with Crippen LogP contribution in [0.4, 0.5) is 28.6 Å². The second-order valence-electron chi connectivity index (χ2n) is 9.49. The summed E-state index contributed by atoms with van der Waals surface area (Å²) in [5.41, 5.74) is 4.15. The molecule has 3 aromatic rings. The Hall–Kier alpha value is -4.58. The molecular formula is C29H30N6O3. The standard InChI is InChI=1S/C29H30N6O3/c1-4-38-26-14-20(28(36)35-13-7-8-19(16-30)18-35)11-12-22(26)32-27-15-24-25(17-31-27)34(3)29(37)21-9-5-6-10-23(21)33(24)2/h5-6,9-12,14-15,17,19H,4,7-8,13,18H2,1-3H3,(H,31,32)/t19-/m0/s1. The van der Waals surface area contributed by atoms with Gasteiger partial charge in [-0.1, -0.05) is 12.1 Å². The summed E-state index contributed by atoms with van der Waals surface area (Å²) in [7, 11) is 3.67. The van der Waals surface area contributed by atoms with Crippen LogP contribution in [0.1, 0.15) is 40.5 Å². The number of anilines is 5. The highest BCUT2D eigenvalue weighted by Gasteiger charge is 2.28. The first-order valence-corrected chi connectivity index (χ1v) is 12.7. The number of likely N-dealkylation sites (tertiary alicyclic amines) is 1. The van der Waals surface area contributed by atoms with E-state index in [1.165, 1.54) is 0 Å². The van der Waals surface area contributed by atoms with Crippen molar-refractivity contribution in [3.63, 3.8) is 0 Å². The van der Waals surface area contributed by atoms with Gasteiger partial charge >= 0.3 is 0 Å². The molecular weight excluding hydrogens is 480 g/mol. The van der Waals surface area contributed by atoms with E-state index in [0.717, 1.165) is 24.2 Å². The molecule has 2 aliphatic heterocycles. The number of fused-ring (bicyclic) bond motifs is 2. The quantitative estimate of drug-likeness (QED) is 0.518. The summed E-state index contributed by atoms with van der Waals surface area (Å²) < 4.78 is 5.88. The Labute approximate surface area is 222 Å². The fourth-order valence-corrected chi connectivity index (χ4v) is 5.02. The Morgan fingerprint density at radius 2 is 1.95 bits per heavy atom. The van der Waals surface area contributed by atoms with Crippen LogP contribution in [0.3, 0.4) is 0 Å². The third kappa shape index (κ3) is 4.61. The van der Waals surface area contributed by atoms with Gasteiger partial charge < -0.3 is 24.8 Å². The molecule has 5 rings (SSSR count). The Balaban J connectivity index is 1.44. The fourth-order valence-electron chi connectivity index (χ4n) is 5.02. The number of nitriles is 1. The van der Waals surface area contributed by atoms with Crippen molar-refractivity contribution in [1.82, 2.24) is 9.88 Å². The zero-order chi connectivity index (χ0) is 26.8. The molecule has 1 N–H and O–H groups in total. The van der Waals surface area contributed by atoms with Crippen LogP contribution in [0.25, 0.3) is 0 Å². The second kappa shape index (κ2) is 10.4. The number of pyridine rings is 1. The summed E-state index contributed by atoms with van der Waals surface area (Å²) in [6.07, 6.45) is 3.33. The molecule has 9 nitrogen and oxygen atoms in total. The first-order chi connectivity index (χ1) is 18.4. The predicted octanol–water partition coefficient (Wildman–Crippen LogP) is 4.96. The van der Waals surface area contributed by atoms with Crippen molar-refractivity contribution in [3.05, 3.63) is 65.9 Å². The van der Waals surface area contributed by atoms with Crippen molar-refractivity contribution in [2.75, 3.05) is 48.9 Å². The van der Waals surface area contributed by atoms with Gasteiger partial charge in [0.25, 0.3) is 11.8 Å². The van der Waals surface area contributed by atoms with Crippen LogP contribution in [0.15, 0.2) is 54.7 Å². The maximum absolute atomic E-state index is 13.2. The van der Waals surface area contributed by atoms with Gasteiger partial charge in [0.15, 0.2) is 0 Å². The summed E-state index contributed by atoms with van der Waals surface area (Å²) in [6.45, 7) is 3.41. The number of rotatable bonds is 5. The van der Waals surface area contributed by atoms with Crippen LogP contribution in [-0.2, 0) is 0 Å². The van der Waals surface area contributed by atoms with Gasteiger partial charge in [0, 0.05) is 38.8 Å². The minimum atomic E-state index is -0.126. The molecule has 2 aliphatic rings. The molecule has 1 saturated heterocycles. The molecule has 0 spiro atoms. The van der Waals surface area contributed by atoms with Gasteiger partial charge in [-0.2, -0.15) is 5.26 Å². The van der Waals surface area contributed by atoms with Gasteiger partial charge in [0.1, 0.15) is 11.6 Å². The molecule has 2 amide bonds. The average Bonchev–Trinajstić information content (AvgIpc) is 3.03. The molecule has 2 aromatic carbocycles. The lowest BCUT2D eigenvalue weighted by molar-refractivity contribution is 0.0698. The number of para-hydroxylation sites is 1. The van der Waals surface area contributed by atoms with E-state index in [-0.39, 0.29) is 17.7 Å². The first-order valence-electron chi connectivity index (χ1n) is 12.7. The third-order valence-corrected chi connectivity index (χ3v) is 7.07. The molecule has 0 bridgehead atoms. The molecule has 0 aliphatic carbocycles. The highest BCUT2D eigenvalue weighted by Crippen LogP contribution is 2.40. The molecule has 0 unspecified atom stereocenters. The lowest BCUT2D eigenvalue weighted by atomic mass is 9.99. The number of ether oxygens (including phenoxy) is 1. The molecule has 1 fully saturated rings. The van der Waals surface area contributed by atoms with Crippen molar-refractivity contribution in [2.24, 2.45) is 5.92 Å². The van der Waals surface area contributed by atoms with Crippen molar-refractivity contribution >= 4 is 40.4 Å². The highest BCUT2D eigenvalue weighted by molar-refractivity contribution is 6.13. The Morgan fingerprint density at radius 3 is 2.74 bits per heavy atom. The highest BCUT2D eigenvalue weighted by atomic mass is 16.5. The number of amides is 2. The minimum absolute atomic E-state index is 0.0950. The number of carbonyl (C=O) groups is 2. The maximum atomic E-state index is 13.2. The summed E-state index contributed by atoms with van der Waals surface area (Å²) in [5.74, 6) is 0.786. The van der Waals surface area contributed by atoms with Crippen molar-refractivity contribution in [2.45, 2.75) is 19.8 Å². The van der Waals surface area contributed by atoms with E-state index in [0.29, 0.717) is 53.8 Å². The lowest BCUT2D eigenvalue weighted by Crippen LogP contribution is -2.39. The molecule has 9 heteroatoms. The third-order valence-electron chi connectivity index (χ3n) is 7.07. The number of nitrogens with zero attached hydrogens (tertiary/aromatic N) is 5. The van der Waals surface area contributed by atoms with Gasteiger partial charge in [-0.05, 0) is 50.1 Å². The number of piperidine rings is 1. The number of nitrogens with one attached hydrogen (secondary N) is 1. The largest absolute Gasteiger partial charge is 0.492 e. The average molecular weight is 511 g/mol. The van der Waals surface area contributed by atoms with Gasteiger partial charge in [-0.15, -0.1) is 0 Å². The molecule has 0 radical (unpaired) electrons. The fraction of sp³-hybridized carbons (Fsp3) is 0.310. The van der Waals surface area contributed by atoms with Crippen LogP contribution in [0.5, 0.6) is 5.75 Å². The summed E-state index contributed by atoms with van der Waals surface area (Å²) in [6, 6.07) is 17.0. The lowest BCUT2D eigenvalue weighted by Gasteiger charge is -2.29. The van der Waals surface area contributed by atoms with E-state index in [2.05, 4.69) is 16.4 Å². The monoisotopic (exact) mass is 510 g/mol. The van der Waals surface area contributed by atoms with E-state index < -0.39 is 0 Å². The number of carbonyl (C=O) groups excluding carboxylic acids is 2. The Morgan fingerprint density at radius 1 is 1.13 bits per heavy atom. The van der Waals surface area contributed by atoms with Gasteiger partial charge in [0.2, 0.25) is 0 Å². The van der Waals surface area contributed by atoms with Crippen LogP contribution >= 0.6 is 0 Å². The molecule has 1 atom stereocenters. The number of hydrogen-bond acceptors (Lipinski definition) is 7. The van der Waals surface area contributed by atoms with Gasteiger partial charge in [0.05, 0.1) is 53.1 Å². The van der Waals surface area contributed by atoms with E-state index >= 15 is 0 Å². The SMILES string of the molecule is CCOc1cc(C(=O)N2CCC[C@@H](C#N)C2)ccc1Nc1cc2c(cn1)N(C)C(=O)c1ccccc1N2C. The zero-order valence-corrected chi connectivity index (χ0v) is 21.8. The van der Waals surface area contributed by atoms with Gasteiger partial charge in [-0.3, -0.25) is 9.59 Å². The summed E-state index contributed by atoms with van der Waals surface area (Å²) >= 11 is 0. The minimum Gasteiger partial charge on any atom is -0.492 e. The Bertz CT molecular complexity index is 1430. The van der Waals surface area contributed by atoms with E-state index in [4.69, 9.17) is 4.74 Å². The van der Waals surface area contributed by atoms with Crippen molar-refractivity contribution in [1.29, 1.82) is 5.26 Å². The summed E-state index contributed by atoms with van der Waals surface area (Å²) in [5, 5.41) is 12.6. The van der Waals surface area contributed by atoms with Crippen LogP contribution in [-0.4, -0.2) is 55.5 Å². The van der Waals surface area contributed by atoms with E-state index in [9.17, 15) is 14.9 Å². The van der Waals surface area contributed by atoms with Crippen molar-refractivity contribution < 1.29 is 14.3 Å². The predicted molar refractivity (Wildman–Crippen MR) is 147 cm³/mol. The second-order valence-corrected chi connectivity index (χ2v) is 9.49. The Kier molecular flexibility index (Phi) is 6.88. The normalized spacial score (nSPS) is 16.7. The van der Waals surface area contributed by atoms with Gasteiger partial charge in [-0.25, -0.2) is 4.98 Å². The number of aromatic nitrogens is 1. The molecule has 38 heavy (non-hydrogen) atoms. The number of benzene rings is 2. The maximum Gasteiger partial charge on any atom is 0.260 e. The topological polar surface area (TPSA) is 102 Å². The van der Waals surface area contributed by atoms with Crippen LogP contribution in [0.2, 0.25) is 0 Å². The summed E-state index contributed by atoms with van der Waals surface area (Å²) in [4.78, 5) is 36.1. The molecule has 1 aromatic heterocycles. The molecule has 0 saturated carbocycles. The van der Waals surface area contributed by atoms with E-state index in [1.54, 1.807) is 35.2 Å². The number of hydrogen-bond donors (Lipinski definition) is 1. The molecule has 194 valence electrons. The van der Waals surface area contributed by atoms with Crippen molar-refractivity contribution in [3.8, 4) is 11.8 Å². The van der Waals surface area contributed by atoms with Crippen LogP contribution < -0.4 is 19.9 Å². The van der Waals surface area contributed by atoms with E-state index in [1.807, 2.05) is 55.3 Å².